The summed E-state index contributed by atoms with van der Waals surface area (Å²) in [5, 5.41) is 3.77. The molecule has 2 aromatic rings. The molecule has 0 radical (unpaired) electrons. The molecule has 1 saturated heterocycles. The molecule has 0 saturated carbocycles. The minimum absolute atomic E-state index is 0.0374. The van der Waals surface area contributed by atoms with Gasteiger partial charge in [-0.1, -0.05) is 6.07 Å². The van der Waals surface area contributed by atoms with Crippen LogP contribution in [-0.4, -0.2) is 54.5 Å². The molecule has 1 aliphatic heterocycles. The number of carbonyl (C=O) groups excluding carboxylic acids is 2. The first-order valence-electron chi connectivity index (χ1n) is 7.12. The zero-order chi connectivity index (χ0) is 15.5. The van der Waals surface area contributed by atoms with Crippen molar-refractivity contribution in [2.24, 2.45) is 0 Å². The van der Waals surface area contributed by atoms with Gasteiger partial charge in [-0.15, -0.1) is 0 Å². The Kier molecular flexibility index (Phi) is 4.02. The number of carbonyl (C=O) groups is 2. The average Bonchev–Trinajstić information content (AvgIpc) is 2.55. The van der Waals surface area contributed by atoms with Gasteiger partial charge < -0.3 is 15.0 Å². The molecule has 2 heterocycles. The third-order valence-corrected chi connectivity index (χ3v) is 3.70. The maximum absolute atomic E-state index is 12.2. The van der Waals surface area contributed by atoms with E-state index in [1.807, 2.05) is 24.3 Å². The highest BCUT2D eigenvalue weighted by atomic mass is 16.5. The van der Waals surface area contributed by atoms with Crippen molar-refractivity contribution in [3.8, 4) is 0 Å². The molecule has 22 heavy (non-hydrogen) atoms. The zero-order valence-electron chi connectivity index (χ0n) is 12.3. The summed E-state index contributed by atoms with van der Waals surface area (Å²) in [4.78, 5) is 29.4. The van der Waals surface area contributed by atoms with Gasteiger partial charge >= 0.3 is 0 Å². The summed E-state index contributed by atoms with van der Waals surface area (Å²) in [5.74, 6) is -0.196. The number of amides is 2. The summed E-state index contributed by atoms with van der Waals surface area (Å²) in [5.41, 5.74) is 1.44. The topological polar surface area (TPSA) is 71.5 Å². The van der Waals surface area contributed by atoms with Crippen LogP contribution >= 0.6 is 0 Å². The van der Waals surface area contributed by atoms with E-state index in [4.69, 9.17) is 4.74 Å². The molecule has 0 aliphatic carbocycles. The summed E-state index contributed by atoms with van der Waals surface area (Å²) < 4.78 is 5.40. The van der Waals surface area contributed by atoms with Crippen molar-refractivity contribution >= 4 is 22.7 Å². The van der Waals surface area contributed by atoms with Crippen LogP contribution in [-0.2, 0) is 9.53 Å². The fourth-order valence-electron chi connectivity index (χ4n) is 2.41. The van der Waals surface area contributed by atoms with Gasteiger partial charge in [0, 0.05) is 37.3 Å². The lowest BCUT2D eigenvalue weighted by Crippen LogP contribution is -2.48. The number of nitrogens with zero attached hydrogens (tertiary/aromatic N) is 2. The van der Waals surface area contributed by atoms with Crippen LogP contribution < -0.4 is 5.32 Å². The molecule has 0 spiro atoms. The molecule has 1 aromatic heterocycles. The SMILES string of the molecule is CN1C[C@@H](CNC(=O)c2ccc3ncccc3c2)OCC1=O. The Hall–Kier alpha value is -2.47. The number of ether oxygens (including phenoxy) is 1. The predicted octanol–water partition coefficient (Wildman–Crippen LogP) is 0.822. The lowest BCUT2D eigenvalue weighted by atomic mass is 10.1. The number of nitrogens with one attached hydrogen (secondary N) is 1. The van der Waals surface area contributed by atoms with Gasteiger partial charge in [0.2, 0.25) is 5.91 Å². The first-order chi connectivity index (χ1) is 10.6. The number of morpholine rings is 1. The van der Waals surface area contributed by atoms with E-state index in [0.29, 0.717) is 18.7 Å². The Morgan fingerprint density at radius 3 is 3.14 bits per heavy atom. The van der Waals surface area contributed by atoms with Crippen LogP contribution in [0, 0.1) is 0 Å². The first kappa shape index (κ1) is 14.5. The maximum Gasteiger partial charge on any atom is 0.251 e. The van der Waals surface area contributed by atoms with Gasteiger partial charge in [0.15, 0.2) is 0 Å². The Morgan fingerprint density at radius 1 is 1.45 bits per heavy atom. The quantitative estimate of drug-likeness (QED) is 0.911. The number of hydrogen-bond donors (Lipinski definition) is 1. The Bertz CT molecular complexity index is 717. The average molecular weight is 299 g/mol. The van der Waals surface area contributed by atoms with Gasteiger partial charge in [0.1, 0.15) is 6.61 Å². The van der Waals surface area contributed by atoms with Gasteiger partial charge in [0.05, 0.1) is 11.6 Å². The van der Waals surface area contributed by atoms with E-state index < -0.39 is 0 Å². The normalized spacial score (nSPS) is 18.5. The highest BCUT2D eigenvalue weighted by Crippen LogP contribution is 2.13. The van der Waals surface area contributed by atoms with E-state index in [1.54, 1.807) is 24.2 Å². The van der Waals surface area contributed by atoms with Crippen molar-refractivity contribution in [1.29, 1.82) is 0 Å². The molecule has 0 bridgehead atoms. The van der Waals surface area contributed by atoms with Crippen LogP contribution in [0.2, 0.25) is 0 Å². The van der Waals surface area contributed by atoms with Crippen LogP contribution in [0.5, 0.6) is 0 Å². The number of benzene rings is 1. The Morgan fingerprint density at radius 2 is 2.32 bits per heavy atom. The van der Waals surface area contributed by atoms with E-state index in [9.17, 15) is 9.59 Å². The molecule has 1 N–H and O–H groups in total. The highest BCUT2D eigenvalue weighted by Gasteiger charge is 2.23. The second kappa shape index (κ2) is 6.11. The third-order valence-electron chi connectivity index (χ3n) is 3.70. The lowest BCUT2D eigenvalue weighted by Gasteiger charge is -2.29. The van der Waals surface area contributed by atoms with Gasteiger partial charge in [-0.2, -0.15) is 0 Å². The second-order valence-corrected chi connectivity index (χ2v) is 5.33. The first-order valence-corrected chi connectivity index (χ1v) is 7.12. The number of aromatic nitrogens is 1. The maximum atomic E-state index is 12.2. The molecule has 3 rings (SSSR count). The summed E-state index contributed by atoms with van der Waals surface area (Å²) in [7, 11) is 1.73. The zero-order valence-corrected chi connectivity index (χ0v) is 12.3. The van der Waals surface area contributed by atoms with Crippen molar-refractivity contribution in [2.75, 3.05) is 26.7 Å². The van der Waals surface area contributed by atoms with Crippen molar-refractivity contribution in [1.82, 2.24) is 15.2 Å². The molecule has 1 atom stereocenters. The van der Waals surface area contributed by atoms with Crippen LogP contribution in [0.25, 0.3) is 10.9 Å². The van der Waals surface area contributed by atoms with Gasteiger partial charge in [-0.05, 0) is 24.3 Å². The van der Waals surface area contributed by atoms with Gasteiger partial charge in [-0.3, -0.25) is 14.6 Å². The second-order valence-electron chi connectivity index (χ2n) is 5.33. The van der Waals surface area contributed by atoms with Crippen LogP contribution in [0.15, 0.2) is 36.5 Å². The third kappa shape index (κ3) is 3.07. The van der Waals surface area contributed by atoms with Crippen molar-refractivity contribution in [3.05, 3.63) is 42.1 Å². The molecule has 6 heteroatoms. The molecule has 0 unspecified atom stereocenters. The number of hydrogen-bond acceptors (Lipinski definition) is 4. The predicted molar refractivity (Wildman–Crippen MR) is 81.5 cm³/mol. The van der Waals surface area contributed by atoms with Gasteiger partial charge in [0.25, 0.3) is 5.91 Å². The van der Waals surface area contributed by atoms with Gasteiger partial charge in [-0.25, -0.2) is 0 Å². The Balaban J connectivity index is 1.62. The highest BCUT2D eigenvalue weighted by molar-refractivity contribution is 5.97. The summed E-state index contributed by atoms with van der Waals surface area (Å²) >= 11 is 0. The molecule has 1 aromatic carbocycles. The van der Waals surface area contributed by atoms with Crippen molar-refractivity contribution in [3.63, 3.8) is 0 Å². The number of likely N-dealkylation sites (N-methyl/N-ethyl adjacent to an activating group) is 1. The number of fused-ring (bicyclic) bond motifs is 1. The molecule has 114 valence electrons. The fourth-order valence-corrected chi connectivity index (χ4v) is 2.41. The molecule has 1 aliphatic rings. The molecular formula is C16H17N3O3. The summed E-state index contributed by atoms with van der Waals surface area (Å²) in [6.07, 6.45) is 1.55. The van der Waals surface area contributed by atoms with Crippen LogP contribution in [0.1, 0.15) is 10.4 Å². The smallest absolute Gasteiger partial charge is 0.251 e. The largest absolute Gasteiger partial charge is 0.365 e. The molecule has 6 nitrogen and oxygen atoms in total. The van der Waals surface area contributed by atoms with E-state index in [-0.39, 0.29) is 24.5 Å². The molecular weight excluding hydrogens is 282 g/mol. The van der Waals surface area contributed by atoms with Crippen molar-refractivity contribution in [2.45, 2.75) is 6.10 Å². The Labute approximate surface area is 128 Å². The van der Waals surface area contributed by atoms with Crippen LogP contribution in [0.4, 0.5) is 0 Å². The van der Waals surface area contributed by atoms with E-state index in [1.165, 1.54) is 0 Å². The number of pyridine rings is 1. The van der Waals surface area contributed by atoms with E-state index >= 15 is 0 Å². The molecule has 2 amide bonds. The molecule has 1 fully saturated rings. The van der Waals surface area contributed by atoms with Crippen LogP contribution in [0.3, 0.4) is 0 Å². The fraction of sp³-hybridized carbons (Fsp3) is 0.312. The monoisotopic (exact) mass is 299 g/mol. The number of rotatable bonds is 3. The summed E-state index contributed by atoms with van der Waals surface area (Å²) in [6.45, 7) is 0.932. The van der Waals surface area contributed by atoms with E-state index in [0.717, 1.165) is 10.9 Å². The standard InChI is InChI=1S/C16H17N3O3/c1-19-9-13(22-10-15(19)20)8-18-16(21)12-4-5-14-11(7-12)3-2-6-17-14/h2-7,13H,8-10H2,1H3,(H,18,21)/t13-/m1/s1. The van der Waals surface area contributed by atoms with Crippen molar-refractivity contribution < 1.29 is 14.3 Å². The van der Waals surface area contributed by atoms with E-state index in [2.05, 4.69) is 10.3 Å². The minimum atomic E-state index is -0.172. The summed E-state index contributed by atoms with van der Waals surface area (Å²) in [6, 6.07) is 9.15. The lowest BCUT2D eigenvalue weighted by molar-refractivity contribution is -0.146. The minimum Gasteiger partial charge on any atom is -0.365 e.